The predicted octanol–water partition coefficient (Wildman–Crippen LogP) is 0.438. The van der Waals surface area contributed by atoms with E-state index in [1.54, 1.807) is 24.1 Å². The standard InChI is InChI=1S/C18H26N4O4.ClH/c1-11(2)16(19)17(24)20-10-15(23)21-12-8-9-22(18(12)25)13-6-4-5-7-14(13)26-3;/h4-7,11-12,16H,8-10,19H2,1-3H3,(H,20,24)(H,21,23);1H/t12?,16-;/m0./s1. The van der Waals surface area contributed by atoms with E-state index in [0.29, 0.717) is 24.4 Å². The first-order valence-electron chi connectivity index (χ1n) is 8.62. The van der Waals surface area contributed by atoms with Gasteiger partial charge in [0.15, 0.2) is 0 Å². The van der Waals surface area contributed by atoms with Gasteiger partial charge in [0.25, 0.3) is 0 Å². The van der Waals surface area contributed by atoms with E-state index in [0.717, 1.165) is 0 Å². The van der Waals surface area contributed by atoms with E-state index < -0.39 is 18.0 Å². The van der Waals surface area contributed by atoms with E-state index in [1.807, 2.05) is 26.0 Å². The molecule has 1 aromatic carbocycles. The summed E-state index contributed by atoms with van der Waals surface area (Å²) in [5, 5.41) is 5.16. The largest absolute Gasteiger partial charge is 0.495 e. The molecule has 1 heterocycles. The van der Waals surface area contributed by atoms with Crippen LogP contribution in [0.5, 0.6) is 5.75 Å². The number of amides is 3. The Bertz CT molecular complexity index is 683. The van der Waals surface area contributed by atoms with Gasteiger partial charge < -0.3 is 26.0 Å². The number of anilines is 1. The Balaban J connectivity index is 0.00000364. The highest BCUT2D eigenvalue weighted by Gasteiger charge is 2.34. The van der Waals surface area contributed by atoms with Gasteiger partial charge in [0.2, 0.25) is 17.7 Å². The van der Waals surface area contributed by atoms with Crippen molar-refractivity contribution in [1.82, 2.24) is 10.6 Å². The van der Waals surface area contributed by atoms with Gasteiger partial charge in [-0.05, 0) is 24.5 Å². The maximum absolute atomic E-state index is 12.6. The molecule has 0 aliphatic carbocycles. The van der Waals surface area contributed by atoms with Crippen LogP contribution in [-0.2, 0) is 14.4 Å². The Hall–Kier alpha value is -2.32. The highest BCUT2D eigenvalue weighted by Crippen LogP contribution is 2.30. The number of hydrogen-bond acceptors (Lipinski definition) is 5. The third-order valence-electron chi connectivity index (χ3n) is 4.36. The number of hydrogen-bond donors (Lipinski definition) is 3. The van der Waals surface area contributed by atoms with Gasteiger partial charge in [0.1, 0.15) is 11.8 Å². The highest BCUT2D eigenvalue weighted by atomic mass is 35.5. The van der Waals surface area contributed by atoms with Gasteiger partial charge >= 0.3 is 0 Å². The summed E-state index contributed by atoms with van der Waals surface area (Å²) in [5.41, 5.74) is 6.40. The monoisotopic (exact) mass is 398 g/mol. The van der Waals surface area contributed by atoms with Gasteiger partial charge in [0, 0.05) is 6.54 Å². The van der Waals surface area contributed by atoms with E-state index in [1.165, 1.54) is 0 Å². The molecule has 0 aromatic heterocycles. The molecule has 1 aliphatic rings. The normalized spacial score (nSPS) is 17.3. The summed E-state index contributed by atoms with van der Waals surface area (Å²) in [7, 11) is 1.54. The van der Waals surface area contributed by atoms with Gasteiger partial charge in [-0.25, -0.2) is 0 Å². The van der Waals surface area contributed by atoms with Crippen LogP contribution in [0, 0.1) is 5.92 Å². The van der Waals surface area contributed by atoms with Gasteiger partial charge in [-0.1, -0.05) is 26.0 Å². The molecule has 4 N–H and O–H groups in total. The molecule has 2 atom stereocenters. The van der Waals surface area contributed by atoms with Crippen molar-refractivity contribution in [3.8, 4) is 5.75 Å². The molecule has 0 radical (unpaired) electrons. The molecular formula is C18H27ClN4O4. The zero-order valence-corrected chi connectivity index (χ0v) is 16.5. The van der Waals surface area contributed by atoms with Crippen LogP contribution in [-0.4, -0.2) is 50.0 Å². The lowest BCUT2D eigenvalue weighted by Crippen LogP contribution is -2.49. The third kappa shape index (κ3) is 5.58. The van der Waals surface area contributed by atoms with Gasteiger partial charge in [-0.3, -0.25) is 14.4 Å². The number of halogens is 1. The molecule has 1 aliphatic heterocycles. The summed E-state index contributed by atoms with van der Waals surface area (Å²) in [5.74, 6) is -0.433. The van der Waals surface area contributed by atoms with Crippen molar-refractivity contribution >= 4 is 35.8 Å². The first-order chi connectivity index (χ1) is 12.3. The number of rotatable bonds is 7. The zero-order chi connectivity index (χ0) is 19.3. The Morgan fingerprint density at radius 3 is 2.63 bits per heavy atom. The Morgan fingerprint density at radius 1 is 1.33 bits per heavy atom. The van der Waals surface area contributed by atoms with Crippen molar-refractivity contribution < 1.29 is 19.1 Å². The van der Waals surface area contributed by atoms with Crippen LogP contribution in [0.1, 0.15) is 20.3 Å². The number of ether oxygens (including phenoxy) is 1. The maximum atomic E-state index is 12.6. The first-order valence-corrected chi connectivity index (χ1v) is 8.62. The van der Waals surface area contributed by atoms with E-state index in [4.69, 9.17) is 10.5 Å². The van der Waals surface area contributed by atoms with Crippen LogP contribution in [0.2, 0.25) is 0 Å². The molecule has 0 saturated carbocycles. The Labute approximate surface area is 165 Å². The number of para-hydroxylation sites is 2. The van der Waals surface area contributed by atoms with Gasteiger partial charge in [-0.2, -0.15) is 0 Å². The fourth-order valence-corrected chi connectivity index (χ4v) is 2.74. The fourth-order valence-electron chi connectivity index (χ4n) is 2.74. The smallest absolute Gasteiger partial charge is 0.249 e. The summed E-state index contributed by atoms with van der Waals surface area (Å²) >= 11 is 0. The van der Waals surface area contributed by atoms with E-state index in [-0.39, 0.29) is 36.7 Å². The van der Waals surface area contributed by atoms with Crippen molar-refractivity contribution in [3.63, 3.8) is 0 Å². The van der Waals surface area contributed by atoms with Gasteiger partial charge in [-0.15, -0.1) is 12.4 Å². The lowest BCUT2D eigenvalue weighted by Gasteiger charge is -2.20. The molecule has 1 saturated heterocycles. The summed E-state index contributed by atoms with van der Waals surface area (Å²) in [6.45, 7) is 3.92. The first kappa shape index (κ1) is 22.7. The molecule has 1 fully saturated rings. The number of nitrogens with one attached hydrogen (secondary N) is 2. The van der Waals surface area contributed by atoms with E-state index >= 15 is 0 Å². The average molecular weight is 399 g/mol. The SMILES string of the molecule is COc1ccccc1N1CCC(NC(=O)CNC(=O)[C@@H](N)C(C)C)C1=O.Cl. The summed E-state index contributed by atoms with van der Waals surface area (Å²) in [4.78, 5) is 38.0. The topological polar surface area (TPSA) is 114 Å². The lowest BCUT2D eigenvalue weighted by molar-refractivity contribution is -0.128. The number of methoxy groups -OCH3 is 1. The highest BCUT2D eigenvalue weighted by molar-refractivity contribution is 6.02. The molecule has 9 heteroatoms. The quantitative estimate of drug-likeness (QED) is 0.616. The molecule has 150 valence electrons. The molecule has 1 unspecified atom stereocenters. The molecular weight excluding hydrogens is 372 g/mol. The van der Waals surface area contributed by atoms with Crippen molar-refractivity contribution in [2.75, 3.05) is 25.1 Å². The van der Waals surface area contributed by atoms with Gasteiger partial charge in [0.05, 0.1) is 25.4 Å². The van der Waals surface area contributed by atoms with Crippen LogP contribution in [0.25, 0.3) is 0 Å². The van der Waals surface area contributed by atoms with Crippen LogP contribution in [0.4, 0.5) is 5.69 Å². The van der Waals surface area contributed by atoms with E-state index in [9.17, 15) is 14.4 Å². The van der Waals surface area contributed by atoms with Crippen LogP contribution in [0.15, 0.2) is 24.3 Å². The number of carbonyl (C=O) groups is 3. The predicted molar refractivity (Wildman–Crippen MR) is 105 cm³/mol. The minimum Gasteiger partial charge on any atom is -0.495 e. The van der Waals surface area contributed by atoms with Crippen LogP contribution >= 0.6 is 12.4 Å². The minimum atomic E-state index is -0.669. The molecule has 1 aromatic rings. The molecule has 2 rings (SSSR count). The second kappa shape index (κ2) is 10.1. The Morgan fingerprint density at radius 2 is 2.00 bits per heavy atom. The third-order valence-corrected chi connectivity index (χ3v) is 4.36. The second-order valence-corrected chi connectivity index (χ2v) is 6.56. The molecule has 8 nitrogen and oxygen atoms in total. The molecule has 3 amide bonds. The van der Waals surface area contributed by atoms with Crippen molar-refractivity contribution in [3.05, 3.63) is 24.3 Å². The summed E-state index contributed by atoms with van der Waals surface area (Å²) in [6.07, 6.45) is 0.488. The molecule has 0 spiro atoms. The second-order valence-electron chi connectivity index (χ2n) is 6.56. The minimum absolute atomic E-state index is 0. The van der Waals surface area contributed by atoms with Crippen LogP contribution < -0.4 is 26.0 Å². The van der Waals surface area contributed by atoms with Crippen LogP contribution in [0.3, 0.4) is 0 Å². The molecule has 27 heavy (non-hydrogen) atoms. The Kier molecular flexibility index (Phi) is 8.52. The van der Waals surface area contributed by atoms with Crippen molar-refractivity contribution in [1.29, 1.82) is 0 Å². The van der Waals surface area contributed by atoms with Crippen molar-refractivity contribution in [2.24, 2.45) is 11.7 Å². The maximum Gasteiger partial charge on any atom is 0.249 e. The zero-order valence-electron chi connectivity index (χ0n) is 15.7. The number of nitrogens with two attached hydrogens (primary N) is 1. The molecule has 0 bridgehead atoms. The van der Waals surface area contributed by atoms with Crippen molar-refractivity contribution in [2.45, 2.75) is 32.4 Å². The average Bonchev–Trinajstić information content (AvgIpc) is 2.99. The van der Waals surface area contributed by atoms with E-state index in [2.05, 4.69) is 10.6 Å². The number of carbonyl (C=O) groups excluding carboxylic acids is 3. The summed E-state index contributed by atoms with van der Waals surface area (Å²) < 4.78 is 5.29. The lowest BCUT2D eigenvalue weighted by atomic mass is 10.1. The number of nitrogens with zero attached hydrogens (tertiary/aromatic N) is 1. The fraction of sp³-hybridized carbons (Fsp3) is 0.500. The number of benzene rings is 1. The summed E-state index contributed by atoms with van der Waals surface area (Å²) in [6, 6.07) is 5.94.